The molecule has 3 nitrogen and oxygen atoms in total. The Morgan fingerprint density at radius 3 is 2.69 bits per heavy atom. The summed E-state index contributed by atoms with van der Waals surface area (Å²) in [6.07, 6.45) is 1.77. The standard InChI is InChI=1S/C10H22N2O/c1-10(2)4-6-12(8-10)5-3-9(13)7-11/h9,13H,3-8,11H2,1-2H3. The van der Waals surface area contributed by atoms with Crippen LogP contribution in [0.4, 0.5) is 0 Å². The van der Waals surface area contributed by atoms with Crippen molar-refractivity contribution in [3.63, 3.8) is 0 Å². The lowest BCUT2D eigenvalue weighted by atomic mass is 9.93. The molecule has 1 aliphatic heterocycles. The van der Waals surface area contributed by atoms with Crippen LogP contribution in [0.2, 0.25) is 0 Å². The highest BCUT2D eigenvalue weighted by Gasteiger charge is 2.28. The zero-order valence-corrected chi connectivity index (χ0v) is 8.79. The van der Waals surface area contributed by atoms with E-state index in [4.69, 9.17) is 5.73 Å². The van der Waals surface area contributed by atoms with Crippen molar-refractivity contribution in [1.82, 2.24) is 4.90 Å². The van der Waals surface area contributed by atoms with Gasteiger partial charge < -0.3 is 15.7 Å². The highest BCUT2D eigenvalue weighted by molar-refractivity contribution is 4.82. The minimum atomic E-state index is -0.316. The van der Waals surface area contributed by atoms with Crippen molar-refractivity contribution in [2.75, 3.05) is 26.2 Å². The second-order valence-corrected chi connectivity index (χ2v) is 4.87. The fourth-order valence-electron chi connectivity index (χ4n) is 1.86. The predicted molar refractivity (Wildman–Crippen MR) is 54.5 cm³/mol. The summed E-state index contributed by atoms with van der Waals surface area (Å²) in [6.45, 7) is 8.30. The van der Waals surface area contributed by atoms with Gasteiger partial charge in [-0.25, -0.2) is 0 Å². The summed E-state index contributed by atoms with van der Waals surface area (Å²) in [7, 11) is 0. The van der Waals surface area contributed by atoms with Crippen LogP contribution < -0.4 is 5.73 Å². The molecule has 0 amide bonds. The van der Waals surface area contributed by atoms with Gasteiger partial charge in [0.15, 0.2) is 0 Å². The monoisotopic (exact) mass is 186 g/mol. The predicted octanol–water partition coefficient (Wildman–Crippen LogP) is 0.428. The molecule has 0 bridgehead atoms. The fraction of sp³-hybridized carbons (Fsp3) is 1.00. The summed E-state index contributed by atoms with van der Waals surface area (Å²) in [5.41, 5.74) is 5.81. The zero-order chi connectivity index (χ0) is 9.90. The Balaban J connectivity index is 2.17. The number of aliphatic hydroxyl groups is 1. The van der Waals surface area contributed by atoms with E-state index >= 15 is 0 Å². The number of nitrogens with two attached hydrogens (primary N) is 1. The molecule has 1 atom stereocenters. The Morgan fingerprint density at radius 1 is 1.54 bits per heavy atom. The molecule has 0 aromatic rings. The van der Waals surface area contributed by atoms with Crippen molar-refractivity contribution < 1.29 is 5.11 Å². The largest absolute Gasteiger partial charge is 0.392 e. The van der Waals surface area contributed by atoms with Gasteiger partial charge in [0.2, 0.25) is 0 Å². The van der Waals surface area contributed by atoms with E-state index in [-0.39, 0.29) is 6.10 Å². The minimum Gasteiger partial charge on any atom is -0.392 e. The molecule has 1 fully saturated rings. The van der Waals surface area contributed by atoms with Gasteiger partial charge in [-0.3, -0.25) is 0 Å². The van der Waals surface area contributed by atoms with Crippen molar-refractivity contribution >= 4 is 0 Å². The molecule has 1 rings (SSSR count). The van der Waals surface area contributed by atoms with E-state index in [1.165, 1.54) is 13.0 Å². The van der Waals surface area contributed by atoms with Gasteiger partial charge in [0.05, 0.1) is 6.10 Å². The Bertz CT molecular complexity index is 159. The van der Waals surface area contributed by atoms with E-state index < -0.39 is 0 Å². The molecule has 0 spiro atoms. The molecule has 1 heterocycles. The Morgan fingerprint density at radius 2 is 2.23 bits per heavy atom. The van der Waals surface area contributed by atoms with Crippen LogP contribution in [0.1, 0.15) is 26.7 Å². The molecular weight excluding hydrogens is 164 g/mol. The van der Waals surface area contributed by atoms with Crippen LogP contribution in [0.5, 0.6) is 0 Å². The maximum Gasteiger partial charge on any atom is 0.0674 e. The highest BCUT2D eigenvalue weighted by Crippen LogP contribution is 2.28. The third-order valence-electron chi connectivity index (χ3n) is 2.81. The summed E-state index contributed by atoms with van der Waals surface area (Å²) in [4.78, 5) is 2.42. The van der Waals surface area contributed by atoms with Gasteiger partial charge in [-0.2, -0.15) is 0 Å². The summed E-state index contributed by atoms with van der Waals surface area (Å²) in [6, 6.07) is 0. The zero-order valence-electron chi connectivity index (χ0n) is 8.79. The maximum absolute atomic E-state index is 9.30. The summed E-state index contributed by atoms with van der Waals surface area (Å²) in [5.74, 6) is 0. The van der Waals surface area contributed by atoms with Crippen LogP contribution in [-0.4, -0.2) is 42.3 Å². The summed E-state index contributed by atoms with van der Waals surface area (Å²) < 4.78 is 0. The first-order valence-electron chi connectivity index (χ1n) is 5.14. The second-order valence-electron chi connectivity index (χ2n) is 4.87. The first-order chi connectivity index (χ1) is 6.03. The number of aliphatic hydroxyl groups excluding tert-OH is 1. The molecular formula is C10H22N2O. The quantitative estimate of drug-likeness (QED) is 0.669. The van der Waals surface area contributed by atoms with Crippen LogP contribution in [-0.2, 0) is 0 Å². The van der Waals surface area contributed by atoms with E-state index in [1.807, 2.05) is 0 Å². The van der Waals surface area contributed by atoms with E-state index in [0.717, 1.165) is 19.5 Å². The summed E-state index contributed by atoms with van der Waals surface area (Å²) >= 11 is 0. The van der Waals surface area contributed by atoms with Crippen molar-refractivity contribution in [1.29, 1.82) is 0 Å². The van der Waals surface area contributed by atoms with Gasteiger partial charge in [0, 0.05) is 19.6 Å². The molecule has 0 radical (unpaired) electrons. The van der Waals surface area contributed by atoms with E-state index in [2.05, 4.69) is 18.7 Å². The molecule has 0 saturated carbocycles. The highest BCUT2D eigenvalue weighted by atomic mass is 16.3. The number of hydrogen-bond acceptors (Lipinski definition) is 3. The fourth-order valence-corrected chi connectivity index (χ4v) is 1.86. The van der Waals surface area contributed by atoms with Crippen molar-refractivity contribution in [3.8, 4) is 0 Å². The lowest BCUT2D eigenvalue weighted by molar-refractivity contribution is 0.151. The van der Waals surface area contributed by atoms with Crippen LogP contribution in [0.15, 0.2) is 0 Å². The van der Waals surface area contributed by atoms with Crippen LogP contribution >= 0.6 is 0 Å². The smallest absolute Gasteiger partial charge is 0.0674 e. The van der Waals surface area contributed by atoms with Gasteiger partial charge in [-0.15, -0.1) is 0 Å². The molecule has 0 aliphatic carbocycles. The first-order valence-corrected chi connectivity index (χ1v) is 5.14. The molecule has 1 aliphatic rings. The molecule has 3 heteroatoms. The number of rotatable bonds is 4. The van der Waals surface area contributed by atoms with Crippen molar-refractivity contribution in [2.45, 2.75) is 32.8 Å². The maximum atomic E-state index is 9.30. The normalized spacial score (nSPS) is 24.9. The van der Waals surface area contributed by atoms with Crippen LogP contribution in [0.3, 0.4) is 0 Å². The van der Waals surface area contributed by atoms with E-state index in [0.29, 0.717) is 12.0 Å². The second kappa shape index (κ2) is 4.40. The third kappa shape index (κ3) is 3.63. The van der Waals surface area contributed by atoms with E-state index in [9.17, 15) is 5.11 Å². The number of likely N-dealkylation sites (tertiary alicyclic amines) is 1. The first kappa shape index (κ1) is 11.0. The summed E-state index contributed by atoms with van der Waals surface area (Å²) in [5, 5.41) is 9.30. The van der Waals surface area contributed by atoms with Crippen LogP contribution in [0, 0.1) is 5.41 Å². The van der Waals surface area contributed by atoms with Crippen molar-refractivity contribution in [3.05, 3.63) is 0 Å². The Labute approximate surface area is 80.9 Å². The van der Waals surface area contributed by atoms with E-state index in [1.54, 1.807) is 0 Å². The Hall–Kier alpha value is -0.120. The molecule has 0 aromatic heterocycles. The van der Waals surface area contributed by atoms with Crippen molar-refractivity contribution in [2.24, 2.45) is 11.1 Å². The SMILES string of the molecule is CC1(C)CCN(CCC(O)CN)C1. The van der Waals surface area contributed by atoms with Gasteiger partial charge >= 0.3 is 0 Å². The number of nitrogens with zero attached hydrogens (tertiary/aromatic N) is 1. The average Bonchev–Trinajstić information content (AvgIpc) is 2.41. The molecule has 78 valence electrons. The minimum absolute atomic E-state index is 0.316. The molecule has 13 heavy (non-hydrogen) atoms. The van der Waals surface area contributed by atoms with Gasteiger partial charge in [-0.1, -0.05) is 13.8 Å². The van der Waals surface area contributed by atoms with Gasteiger partial charge in [0.1, 0.15) is 0 Å². The Kier molecular flexibility index (Phi) is 3.71. The molecule has 1 unspecified atom stereocenters. The van der Waals surface area contributed by atoms with Gasteiger partial charge in [0.25, 0.3) is 0 Å². The number of hydrogen-bond donors (Lipinski definition) is 2. The molecule has 0 aromatic carbocycles. The third-order valence-corrected chi connectivity index (χ3v) is 2.81. The van der Waals surface area contributed by atoms with Gasteiger partial charge in [-0.05, 0) is 24.8 Å². The van der Waals surface area contributed by atoms with Crippen LogP contribution in [0.25, 0.3) is 0 Å². The topological polar surface area (TPSA) is 49.5 Å². The average molecular weight is 186 g/mol. The lowest BCUT2D eigenvalue weighted by Gasteiger charge is -2.20. The lowest BCUT2D eigenvalue weighted by Crippen LogP contribution is -2.29. The molecule has 1 saturated heterocycles. The molecule has 3 N–H and O–H groups in total.